The van der Waals surface area contributed by atoms with Crippen molar-refractivity contribution in [1.82, 2.24) is 9.55 Å². The molecule has 2 rings (SSSR count). The van der Waals surface area contributed by atoms with Crippen LogP contribution in [0.25, 0.3) is 0 Å². The van der Waals surface area contributed by atoms with E-state index in [0.717, 1.165) is 11.5 Å². The van der Waals surface area contributed by atoms with Crippen molar-refractivity contribution < 1.29 is 56.3 Å². The van der Waals surface area contributed by atoms with Gasteiger partial charge in [-0.1, -0.05) is 5.92 Å². The van der Waals surface area contributed by atoms with Crippen LogP contribution in [0.5, 0.6) is 0 Å². The molecule has 0 aliphatic carbocycles. The number of aromatic nitrogens is 2. The van der Waals surface area contributed by atoms with Gasteiger partial charge in [-0.3, -0.25) is 9.09 Å². The maximum Gasteiger partial charge on any atom is 0.490 e. The van der Waals surface area contributed by atoms with Crippen molar-refractivity contribution in [2.24, 2.45) is 5.73 Å². The summed E-state index contributed by atoms with van der Waals surface area (Å²) >= 11 is 5.45. The molecule has 0 saturated carbocycles. The molecule has 1 aromatic rings. The Hall–Kier alpha value is -1.18. The summed E-state index contributed by atoms with van der Waals surface area (Å²) in [6, 6.07) is 1.29. The SMILES string of the molecule is Cc1cc(N)nc(=O)n1[C@@H]1O[C@H]([C@H](C)OP(=O)(O)OP(=O)(O)OP(=O)(O)O)[C@H](O)C1(N)C#CCl. The molecule has 0 radical (unpaired) electrons. The number of phosphoric acid groups is 3. The predicted molar refractivity (Wildman–Crippen MR) is 113 cm³/mol. The molecule has 3 unspecified atom stereocenters. The first-order valence-electron chi connectivity index (χ1n) is 8.75. The van der Waals surface area contributed by atoms with Crippen LogP contribution in [0, 0.1) is 18.2 Å². The lowest BCUT2D eigenvalue weighted by Gasteiger charge is -2.29. The molecule has 1 aromatic heterocycles. The van der Waals surface area contributed by atoms with Gasteiger partial charge < -0.3 is 40.9 Å². The zero-order chi connectivity index (χ0) is 26.3. The Labute approximate surface area is 196 Å². The number of nitrogens with two attached hydrogens (primary N) is 2. The molecule has 1 saturated heterocycles. The summed E-state index contributed by atoms with van der Waals surface area (Å²) < 4.78 is 52.8. The van der Waals surface area contributed by atoms with Crippen molar-refractivity contribution in [3.63, 3.8) is 0 Å². The van der Waals surface area contributed by atoms with E-state index >= 15 is 0 Å². The standard InChI is InChI=1S/C13H20ClN4O13P3/c1-6-5-8(15)17-12(20)18(6)11-13(16,3-4-14)10(19)9(28-11)7(2)29-33(24,25)31-34(26,27)30-32(21,22)23/h5,7,9-11,19H,16H2,1-2H3,(H,24,25)(H,26,27)(H2,15,17,20)(H2,21,22,23)/t7-,9+,10-,11+,13?/m0/s1. The van der Waals surface area contributed by atoms with E-state index in [9.17, 15) is 33.4 Å². The first-order chi connectivity index (χ1) is 15.3. The Balaban J connectivity index is 2.37. The highest BCUT2D eigenvalue weighted by Gasteiger charge is 2.57. The Morgan fingerprint density at radius 1 is 1.26 bits per heavy atom. The fourth-order valence-corrected chi connectivity index (χ4v) is 6.46. The summed E-state index contributed by atoms with van der Waals surface area (Å²) in [5, 5.41) is 12.7. The first kappa shape index (κ1) is 29.1. The molecular weight excluding hydrogens is 549 g/mol. The van der Waals surface area contributed by atoms with E-state index < -0.39 is 59.2 Å². The second-order valence-electron chi connectivity index (χ2n) is 6.93. The van der Waals surface area contributed by atoms with Gasteiger partial charge in [0.2, 0.25) is 0 Å². The van der Waals surface area contributed by atoms with Crippen LogP contribution >= 0.6 is 35.1 Å². The van der Waals surface area contributed by atoms with Crippen molar-refractivity contribution in [2.45, 2.75) is 43.9 Å². The molecule has 7 atom stereocenters. The molecule has 1 fully saturated rings. The lowest BCUT2D eigenvalue weighted by molar-refractivity contribution is -0.0760. The van der Waals surface area contributed by atoms with Gasteiger partial charge in [0.15, 0.2) is 11.8 Å². The van der Waals surface area contributed by atoms with Crippen molar-refractivity contribution in [1.29, 1.82) is 0 Å². The van der Waals surface area contributed by atoms with Crippen LogP contribution in [0.15, 0.2) is 10.9 Å². The number of nitrogen functional groups attached to an aromatic ring is 1. The number of rotatable bonds is 8. The van der Waals surface area contributed by atoms with E-state index in [-0.39, 0.29) is 11.5 Å². The van der Waals surface area contributed by atoms with Crippen molar-refractivity contribution in [3.8, 4) is 11.3 Å². The summed E-state index contributed by atoms with van der Waals surface area (Å²) in [5.74, 6) is 2.17. The largest absolute Gasteiger partial charge is 0.490 e. The molecule has 0 aromatic carbocycles. The average Bonchev–Trinajstić information content (AvgIpc) is 2.83. The second kappa shape index (κ2) is 10.1. The number of aryl methyl sites for hydroxylation is 1. The van der Waals surface area contributed by atoms with Crippen LogP contribution in [0.1, 0.15) is 18.8 Å². The molecule has 1 aliphatic rings. The number of aliphatic hydroxyl groups excluding tert-OH is 1. The predicted octanol–water partition coefficient (Wildman–Crippen LogP) is -0.979. The van der Waals surface area contributed by atoms with Crippen LogP contribution in [0.2, 0.25) is 0 Å². The molecule has 2 heterocycles. The van der Waals surface area contributed by atoms with Gasteiger partial charge in [-0.05, 0) is 31.5 Å². The molecule has 192 valence electrons. The molecule has 34 heavy (non-hydrogen) atoms. The minimum Gasteiger partial charge on any atom is -0.387 e. The Morgan fingerprint density at radius 2 is 1.85 bits per heavy atom. The molecular formula is C13H20ClN4O13P3. The highest BCUT2D eigenvalue weighted by atomic mass is 35.5. The van der Waals surface area contributed by atoms with Crippen LogP contribution in [0.3, 0.4) is 0 Å². The van der Waals surface area contributed by atoms with Gasteiger partial charge in [-0.15, -0.1) is 0 Å². The van der Waals surface area contributed by atoms with Crippen molar-refractivity contribution in [2.75, 3.05) is 5.73 Å². The van der Waals surface area contributed by atoms with Crippen molar-refractivity contribution in [3.05, 3.63) is 22.2 Å². The lowest BCUT2D eigenvalue weighted by atomic mass is 9.90. The fourth-order valence-electron chi connectivity index (χ4n) is 3.10. The van der Waals surface area contributed by atoms with Gasteiger partial charge in [0.05, 0.1) is 6.10 Å². The van der Waals surface area contributed by atoms with Gasteiger partial charge in [0.1, 0.15) is 18.0 Å². The number of phosphoric ester groups is 1. The summed E-state index contributed by atoms with van der Waals surface area (Å²) in [4.78, 5) is 52.1. The molecule has 9 N–H and O–H groups in total. The van der Waals surface area contributed by atoms with Gasteiger partial charge >= 0.3 is 29.2 Å². The van der Waals surface area contributed by atoms with Crippen LogP contribution < -0.4 is 17.2 Å². The van der Waals surface area contributed by atoms with Gasteiger partial charge in [0, 0.05) is 11.1 Å². The summed E-state index contributed by atoms with van der Waals surface area (Å²) in [6.45, 7) is 2.48. The molecule has 0 bridgehead atoms. The zero-order valence-electron chi connectivity index (χ0n) is 17.2. The molecule has 21 heteroatoms. The minimum absolute atomic E-state index is 0.124. The number of anilines is 1. The number of nitrogens with zero attached hydrogens (tertiary/aromatic N) is 2. The van der Waals surface area contributed by atoms with Gasteiger partial charge in [0.25, 0.3) is 0 Å². The molecule has 1 aliphatic heterocycles. The second-order valence-corrected chi connectivity index (χ2v) is 11.5. The highest BCUT2D eigenvalue weighted by molar-refractivity contribution is 7.66. The van der Waals surface area contributed by atoms with Gasteiger partial charge in [-0.2, -0.15) is 13.6 Å². The summed E-state index contributed by atoms with van der Waals surface area (Å²) in [5.41, 5.74) is 8.83. The first-order valence-corrected chi connectivity index (χ1v) is 13.6. The molecule has 17 nitrogen and oxygen atoms in total. The molecule has 0 amide bonds. The van der Waals surface area contributed by atoms with Crippen LogP contribution in [0.4, 0.5) is 5.82 Å². The van der Waals surface area contributed by atoms with Gasteiger partial charge in [-0.25, -0.2) is 18.5 Å². The highest BCUT2D eigenvalue weighted by Crippen LogP contribution is 2.66. The summed E-state index contributed by atoms with van der Waals surface area (Å²) in [6.07, 6.45) is -6.74. The van der Waals surface area contributed by atoms with E-state index in [2.05, 4.69) is 24.0 Å². The third-order valence-corrected chi connectivity index (χ3v) is 8.36. The van der Waals surface area contributed by atoms with E-state index in [4.69, 9.17) is 37.6 Å². The van der Waals surface area contributed by atoms with E-state index in [1.807, 2.05) is 5.38 Å². The average molecular weight is 569 g/mol. The van der Waals surface area contributed by atoms with Crippen molar-refractivity contribution >= 4 is 40.9 Å². The fraction of sp³-hybridized carbons (Fsp3) is 0.538. The molecule has 0 spiro atoms. The third-order valence-electron chi connectivity index (χ3n) is 4.34. The van der Waals surface area contributed by atoms with E-state index in [1.165, 1.54) is 13.0 Å². The number of halogens is 1. The Bertz CT molecular complexity index is 1210. The minimum atomic E-state index is -5.79. The van der Waals surface area contributed by atoms with Crippen LogP contribution in [-0.2, 0) is 31.6 Å². The number of aliphatic hydroxyl groups is 1. The topological polar surface area (TPSA) is 276 Å². The van der Waals surface area contributed by atoms with E-state index in [0.29, 0.717) is 0 Å². The maximum absolute atomic E-state index is 12.4. The zero-order valence-corrected chi connectivity index (χ0v) is 20.6. The quantitative estimate of drug-likeness (QED) is 0.146. The van der Waals surface area contributed by atoms with Crippen LogP contribution in [-0.4, -0.2) is 58.1 Å². The summed E-state index contributed by atoms with van der Waals surface area (Å²) in [7, 11) is -17.0. The third kappa shape index (κ3) is 6.73. The smallest absolute Gasteiger partial charge is 0.387 e. The normalized spacial score (nSPS) is 29.5. The maximum atomic E-state index is 12.4. The Morgan fingerprint density at radius 3 is 2.35 bits per heavy atom. The lowest BCUT2D eigenvalue weighted by Crippen LogP contribution is -2.55. The number of ether oxygens (including phenoxy) is 1. The van der Waals surface area contributed by atoms with E-state index in [1.54, 1.807) is 0 Å². The Kier molecular flexibility index (Phi) is 8.59. The monoisotopic (exact) mass is 568 g/mol. The number of hydrogen-bond donors (Lipinski definition) is 7. The number of hydrogen-bond acceptors (Lipinski definition) is 12.